The molecule has 3 rings (SSSR count). The Balaban J connectivity index is 1.88. The maximum absolute atomic E-state index is 13.7. The van der Waals surface area contributed by atoms with Crippen LogP contribution in [0.5, 0.6) is 0 Å². The third kappa shape index (κ3) is 2.26. The first-order valence-electron chi connectivity index (χ1n) is 6.21. The van der Waals surface area contributed by atoms with Gasteiger partial charge in [0.1, 0.15) is 11.6 Å². The average Bonchev–Trinajstić information content (AvgIpc) is 2.75. The van der Waals surface area contributed by atoms with E-state index in [1.807, 2.05) is 18.2 Å². The van der Waals surface area contributed by atoms with Gasteiger partial charge in [0.2, 0.25) is 0 Å². The molecule has 0 atom stereocenters. The molecule has 0 saturated heterocycles. The van der Waals surface area contributed by atoms with Gasteiger partial charge in [-0.25, -0.2) is 8.78 Å². The lowest BCUT2D eigenvalue weighted by Crippen LogP contribution is -2.20. The molecule has 0 saturated carbocycles. The summed E-state index contributed by atoms with van der Waals surface area (Å²) in [5, 5.41) is 0. The maximum atomic E-state index is 13.7. The van der Waals surface area contributed by atoms with E-state index < -0.39 is 11.6 Å². The topological polar surface area (TPSA) is 29.3 Å². The minimum absolute atomic E-state index is 0.433. The molecule has 0 radical (unpaired) electrons. The molecular weight excluding hydrogens is 246 g/mol. The first kappa shape index (κ1) is 12.0. The van der Waals surface area contributed by atoms with Crippen LogP contribution in [0, 0.1) is 11.6 Å². The number of nitrogens with two attached hydrogens (primary N) is 1. The highest BCUT2D eigenvalue weighted by atomic mass is 19.1. The Morgan fingerprint density at radius 3 is 2.74 bits per heavy atom. The van der Waals surface area contributed by atoms with E-state index in [1.165, 1.54) is 17.7 Å². The monoisotopic (exact) mass is 260 g/mol. The fourth-order valence-electron chi connectivity index (χ4n) is 2.48. The summed E-state index contributed by atoms with van der Waals surface area (Å²) in [5.41, 5.74) is 9.25. The highest BCUT2D eigenvalue weighted by molar-refractivity contribution is 5.64. The molecule has 98 valence electrons. The van der Waals surface area contributed by atoms with E-state index in [0.29, 0.717) is 17.8 Å². The Morgan fingerprint density at radius 2 is 1.95 bits per heavy atom. The fraction of sp³-hybridized carbons (Fsp3) is 0.200. The summed E-state index contributed by atoms with van der Waals surface area (Å²) in [6.07, 6.45) is 0.929. The van der Waals surface area contributed by atoms with E-state index in [4.69, 9.17) is 5.73 Å². The summed E-state index contributed by atoms with van der Waals surface area (Å²) >= 11 is 0. The summed E-state index contributed by atoms with van der Waals surface area (Å²) in [5.74, 6) is -1.05. The van der Waals surface area contributed by atoms with Crippen molar-refractivity contribution in [3.05, 3.63) is 59.2 Å². The quantitative estimate of drug-likeness (QED) is 0.841. The van der Waals surface area contributed by atoms with Crippen LogP contribution >= 0.6 is 0 Å². The first-order valence-corrected chi connectivity index (χ1v) is 6.21. The van der Waals surface area contributed by atoms with Crippen molar-refractivity contribution in [3.8, 4) is 0 Å². The zero-order chi connectivity index (χ0) is 13.4. The van der Waals surface area contributed by atoms with Crippen molar-refractivity contribution in [2.75, 3.05) is 17.2 Å². The number of rotatable bonds is 2. The standard InChI is InChI=1S/C15H14F2N2/c16-12-3-1-11(14(17)7-12)9-19-6-5-10-2-4-13(18)8-15(10)19/h1-4,7-8H,5-6,9,18H2. The molecule has 0 amide bonds. The van der Waals surface area contributed by atoms with Crippen molar-refractivity contribution in [2.24, 2.45) is 0 Å². The van der Waals surface area contributed by atoms with Gasteiger partial charge in [-0.3, -0.25) is 0 Å². The molecule has 0 unspecified atom stereocenters. The van der Waals surface area contributed by atoms with E-state index >= 15 is 0 Å². The average molecular weight is 260 g/mol. The van der Waals surface area contributed by atoms with Gasteiger partial charge in [0, 0.05) is 36.1 Å². The molecule has 19 heavy (non-hydrogen) atoms. The van der Waals surface area contributed by atoms with Crippen LogP contribution in [0.2, 0.25) is 0 Å². The molecule has 2 aromatic rings. The van der Waals surface area contributed by atoms with Crippen LogP contribution in [0.1, 0.15) is 11.1 Å². The lowest BCUT2D eigenvalue weighted by Gasteiger charge is -2.20. The third-order valence-electron chi connectivity index (χ3n) is 3.48. The molecule has 0 fully saturated rings. The van der Waals surface area contributed by atoms with Crippen LogP contribution in [0.4, 0.5) is 20.2 Å². The van der Waals surface area contributed by atoms with Crippen LogP contribution in [0.3, 0.4) is 0 Å². The zero-order valence-electron chi connectivity index (χ0n) is 10.4. The second-order valence-corrected chi connectivity index (χ2v) is 4.80. The molecule has 1 aliphatic heterocycles. The molecule has 2 nitrogen and oxygen atoms in total. The minimum Gasteiger partial charge on any atom is -0.399 e. The summed E-state index contributed by atoms with van der Waals surface area (Å²) < 4.78 is 26.6. The molecule has 0 aliphatic carbocycles. The summed E-state index contributed by atoms with van der Waals surface area (Å²) in [6, 6.07) is 9.49. The van der Waals surface area contributed by atoms with Gasteiger partial charge in [-0.05, 0) is 30.2 Å². The van der Waals surface area contributed by atoms with Crippen LogP contribution in [-0.2, 0) is 13.0 Å². The smallest absolute Gasteiger partial charge is 0.131 e. The summed E-state index contributed by atoms with van der Waals surface area (Å²) in [6.45, 7) is 1.26. The number of hydrogen-bond acceptors (Lipinski definition) is 2. The molecule has 1 heterocycles. The number of fused-ring (bicyclic) bond motifs is 1. The Kier molecular flexibility index (Phi) is 2.85. The number of nitrogen functional groups attached to an aromatic ring is 1. The van der Waals surface area contributed by atoms with E-state index in [2.05, 4.69) is 4.90 Å². The summed E-state index contributed by atoms with van der Waals surface area (Å²) in [4.78, 5) is 2.07. The van der Waals surface area contributed by atoms with E-state index in [9.17, 15) is 8.78 Å². The van der Waals surface area contributed by atoms with Crippen molar-refractivity contribution in [1.29, 1.82) is 0 Å². The lowest BCUT2D eigenvalue weighted by molar-refractivity contribution is 0.570. The molecule has 0 spiro atoms. The van der Waals surface area contributed by atoms with Gasteiger partial charge < -0.3 is 10.6 Å². The molecule has 0 bridgehead atoms. The number of anilines is 2. The van der Waals surface area contributed by atoms with Crippen LogP contribution < -0.4 is 10.6 Å². The van der Waals surface area contributed by atoms with E-state index in [1.54, 1.807) is 0 Å². The van der Waals surface area contributed by atoms with Gasteiger partial charge in [0.05, 0.1) is 0 Å². The molecular formula is C15H14F2N2. The highest BCUT2D eigenvalue weighted by Crippen LogP contribution is 2.31. The lowest BCUT2D eigenvalue weighted by atomic mass is 10.1. The molecule has 2 aromatic carbocycles. The van der Waals surface area contributed by atoms with Crippen LogP contribution in [0.25, 0.3) is 0 Å². The second kappa shape index (κ2) is 4.53. The van der Waals surface area contributed by atoms with Gasteiger partial charge in [-0.15, -0.1) is 0 Å². The second-order valence-electron chi connectivity index (χ2n) is 4.80. The molecule has 0 aromatic heterocycles. The Bertz CT molecular complexity index is 626. The predicted molar refractivity (Wildman–Crippen MR) is 72.0 cm³/mol. The van der Waals surface area contributed by atoms with Gasteiger partial charge >= 0.3 is 0 Å². The number of halogens is 2. The van der Waals surface area contributed by atoms with E-state index in [-0.39, 0.29) is 0 Å². The van der Waals surface area contributed by atoms with Crippen molar-refractivity contribution in [3.63, 3.8) is 0 Å². The molecule has 1 aliphatic rings. The number of benzene rings is 2. The highest BCUT2D eigenvalue weighted by Gasteiger charge is 2.20. The first-order chi connectivity index (χ1) is 9.13. The third-order valence-corrected chi connectivity index (χ3v) is 3.48. The zero-order valence-corrected chi connectivity index (χ0v) is 10.4. The fourth-order valence-corrected chi connectivity index (χ4v) is 2.48. The van der Waals surface area contributed by atoms with E-state index in [0.717, 1.165) is 24.7 Å². The largest absolute Gasteiger partial charge is 0.399 e. The van der Waals surface area contributed by atoms with Crippen molar-refractivity contribution >= 4 is 11.4 Å². The van der Waals surface area contributed by atoms with Gasteiger partial charge in [0.15, 0.2) is 0 Å². The van der Waals surface area contributed by atoms with Gasteiger partial charge in [-0.2, -0.15) is 0 Å². The minimum atomic E-state index is -0.549. The predicted octanol–water partition coefficient (Wildman–Crippen LogP) is 3.11. The van der Waals surface area contributed by atoms with Gasteiger partial charge in [0.25, 0.3) is 0 Å². The Hall–Kier alpha value is -2.10. The number of nitrogens with zero attached hydrogens (tertiary/aromatic N) is 1. The van der Waals surface area contributed by atoms with Crippen molar-refractivity contribution in [2.45, 2.75) is 13.0 Å². The normalized spacial score (nSPS) is 13.7. The molecule has 2 N–H and O–H groups in total. The SMILES string of the molecule is Nc1ccc2c(c1)N(Cc1ccc(F)cc1F)CC2. The number of hydrogen-bond donors (Lipinski definition) is 1. The van der Waals surface area contributed by atoms with Gasteiger partial charge in [-0.1, -0.05) is 12.1 Å². The molecule has 4 heteroatoms. The van der Waals surface area contributed by atoms with Crippen molar-refractivity contribution in [1.82, 2.24) is 0 Å². The maximum Gasteiger partial charge on any atom is 0.131 e. The van der Waals surface area contributed by atoms with Crippen LogP contribution in [-0.4, -0.2) is 6.54 Å². The Morgan fingerprint density at radius 1 is 1.11 bits per heavy atom. The van der Waals surface area contributed by atoms with Crippen molar-refractivity contribution < 1.29 is 8.78 Å². The Labute approximate surface area is 110 Å². The van der Waals surface area contributed by atoms with Crippen LogP contribution in [0.15, 0.2) is 36.4 Å². The summed E-state index contributed by atoms with van der Waals surface area (Å²) in [7, 11) is 0.